The monoisotopic (exact) mass is 355 g/mol. The van der Waals surface area contributed by atoms with Crippen LogP contribution in [0.5, 0.6) is 17.2 Å². The minimum atomic E-state index is -2.92. The number of nitrogens with zero attached hydrogens (tertiary/aromatic N) is 1. The van der Waals surface area contributed by atoms with Crippen LogP contribution in [-0.4, -0.2) is 32.5 Å². The summed E-state index contributed by atoms with van der Waals surface area (Å²) in [6.07, 6.45) is 4.89. The van der Waals surface area contributed by atoms with E-state index in [1.807, 2.05) is 26.0 Å². The van der Waals surface area contributed by atoms with Crippen molar-refractivity contribution in [1.29, 1.82) is 0 Å². The number of aliphatic imine (C=N–C) groups is 1. The van der Waals surface area contributed by atoms with E-state index < -0.39 is 6.61 Å². The van der Waals surface area contributed by atoms with Crippen LogP contribution in [0.1, 0.15) is 25.8 Å². The fourth-order valence-electron chi connectivity index (χ4n) is 2.24. The molecule has 0 radical (unpaired) electrons. The molecule has 1 aromatic rings. The van der Waals surface area contributed by atoms with Gasteiger partial charge >= 0.3 is 6.61 Å². The van der Waals surface area contributed by atoms with Crippen molar-refractivity contribution in [3.05, 3.63) is 29.8 Å². The van der Waals surface area contributed by atoms with Gasteiger partial charge in [-0.15, -0.1) is 0 Å². The SMILES string of the molecule is C/C=C/CCNC(=NCc1cc2c(cc1OC(F)F)OCO2)NCC. The highest BCUT2D eigenvalue weighted by atomic mass is 19.3. The molecular formula is C17H23F2N3O3. The summed E-state index contributed by atoms with van der Waals surface area (Å²) in [4.78, 5) is 4.42. The molecule has 1 aromatic carbocycles. The van der Waals surface area contributed by atoms with Crippen LogP contribution >= 0.6 is 0 Å². The number of ether oxygens (including phenoxy) is 3. The van der Waals surface area contributed by atoms with Gasteiger partial charge in [0.1, 0.15) is 5.75 Å². The molecule has 138 valence electrons. The van der Waals surface area contributed by atoms with Gasteiger partial charge in [-0.1, -0.05) is 12.2 Å². The molecule has 0 aliphatic carbocycles. The summed E-state index contributed by atoms with van der Waals surface area (Å²) in [5, 5.41) is 6.29. The summed E-state index contributed by atoms with van der Waals surface area (Å²) < 4.78 is 40.4. The lowest BCUT2D eigenvalue weighted by molar-refractivity contribution is -0.0505. The Labute approximate surface area is 145 Å². The lowest BCUT2D eigenvalue weighted by Crippen LogP contribution is -2.37. The van der Waals surface area contributed by atoms with Crippen LogP contribution in [0.4, 0.5) is 8.78 Å². The molecule has 0 bridgehead atoms. The van der Waals surface area contributed by atoms with E-state index in [9.17, 15) is 8.78 Å². The molecule has 0 fully saturated rings. The molecule has 1 heterocycles. The van der Waals surface area contributed by atoms with Crippen molar-refractivity contribution >= 4 is 5.96 Å². The highest BCUT2D eigenvalue weighted by Crippen LogP contribution is 2.38. The molecule has 0 amide bonds. The summed E-state index contributed by atoms with van der Waals surface area (Å²) >= 11 is 0. The predicted octanol–water partition coefficient (Wildman–Crippen LogP) is 3.04. The molecule has 0 unspecified atom stereocenters. The van der Waals surface area contributed by atoms with Crippen LogP contribution in [0.25, 0.3) is 0 Å². The fourth-order valence-corrected chi connectivity index (χ4v) is 2.24. The maximum absolute atomic E-state index is 12.6. The van der Waals surface area contributed by atoms with Crippen LogP contribution in [0.3, 0.4) is 0 Å². The minimum Gasteiger partial charge on any atom is -0.454 e. The molecular weight excluding hydrogens is 332 g/mol. The zero-order valence-electron chi connectivity index (χ0n) is 14.4. The van der Waals surface area contributed by atoms with Crippen molar-refractivity contribution in [2.75, 3.05) is 19.9 Å². The van der Waals surface area contributed by atoms with E-state index in [-0.39, 0.29) is 19.1 Å². The second-order valence-corrected chi connectivity index (χ2v) is 5.17. The Balaban J connectivity index is 2.12. The predicted molar refractivity (Wildman–Crippen MR) is 91.4 cm³/mol. The van der Waals surface area contributed by atoms with Gasteiger partial charge in [0.25, 0.3) is 0 Å². The Bertz CT molecular complexity index is 621. The lowest BCUT2D eigenvalue weighted by atomic mass is 10.1. The molecule has 6 nitrogen and oxygen atoms in total. The van der Waals surface area contributed by atoms with E-state index >= 15 is 0 Å². The number of fused-ring (bicyclic) bond motifs is 1. The number of allylic oxidation sites excluding steroid dienone is 1. The van der Waals surface area contributed by atoms with Crippen molar-refractivity contribution in [2.24, 2.45) is 4.99 Å². The number of alkyl halides is 2. The van der Waals surface area contributed by atoms with Crippen LogP contribution in [0.15, 0.2) is 29.3 Å². The van der Waals surface area contributed by atoms with Gasteiger partial charge in [0, 0.05) is 24.7 Å². The highest BCUT2D eigenvalue weighted by Gasteiger charge is 2.20. The Morgan fingerprint density at radius 2 is 2.08 bits per heavy atom. The lowest BCUT2D eigenvalue weighted by Gasteiger charge is -2.13. The third-order valence-electron chi connectivity index (χ3n) is 3.36. The van der Waals surface area contributed by atoms with Crippen LogP contribution in [0, 0.1) is 0 Å². The molecule has 0 saturated carbocycles. The number of nitrogens with one attached hydrogen (secondary N) is 2. The Hall–Kier alpha value is -2.51. The van der Waals surface area contributed by atoms with Crippen LogP contribution < -0.4 is 24.8 Å². The molecule has 25 heavy (non-hydrogen) atoms. The van der Waals surface area contributed by atoms with E-state index in [4.69, 9.17) is 9.47 Å². The third kappa shape index (κ3) is 5.81. The molecule has 2 rings (SSSR count). The number of hydrogen-bond acceptors (Lipinski definition) is 4. The van der Waals surface area contributed by atoms with Gasteiger partial charge in [-0.3, -0.25) is 0 Å². The van der Waals surface area contributed by atoms with Gasteiger partial charge in [-0.05, 0) is 26.3 Å². The summed E-state index contributed by atoms with van der Waals surface area (Å²) in [5.41, 5.74) is 0.496. The first kappa shape index (κ1) is 18.8. The molecule has 0 spiro atoms. The van der Waals surface area contributed by atoms with E-state index in [0.29, 0.717) is 29.6 Å². The minimum absolute atomic E-state index is 0.0350. The molecule has 0 aromatic heterocycles. The summed E-state index contributed by atoms with van der Waals surface area (Å²) in [6.45, 7) is 2.63. The summed E-state index contributed by atoms with van der Waals surface area (Å²) in [7, 11) is 0. The van der Waals surface area contributed by atoms with Crippen LogP contribution in [-0.2, 0) is 6.54 Å². The van der Waals surface area contributed by atoms with Gasteiger partial charge in [-0.2, -0.15) is 8.78 Å². The average molecular weight is 355 g/mol. The van der Waals surface area contributed by atoms with E-state index in [1.165, 1.54) is 6.07 Å². The smallest absolute Gasteiger partial charge is 0.387 e. The summed E-state index contributed by atoms with van der Waals surface area (Å²) in [5.74, 6) is 1.53. The standard InChI is InChI=1S/C17H23F2N3O3/c1-3-5-6-7-21-17(20-4-2)22-10-12-8-14-15(24-11-23-14)9-13(12)25-16(18)19/h3,5,8-9,16H,4,6-7,10-11H2,1-2H3,(H2,20,21,22)/b5-3+. The van der Waals surface area contributed by atoms with Crippen molar-refractivity contribution in [1.82, 2.24) is 10.6 Å². The first-order chi connectivity index (χ1) is 12.1. The number of benzene rings is 1. The van der Waals surface area contributed by atoms with Gasteiger partial charge in [-0.25, -0.2) is 4.99 Å². The first-order valence-corrected chi connectivity index (χ1v) is 8.14. The van der Waals surface area contributed by atoms with Gasteiger partial charge in [0.2, 0.25) is 6.79 Å². The fraction of sp³-hybridized carbons (Fsp3) is 0.471. The van der Waals surface area contributed by atoms with E-state index in [1.54, 1.807) is 6.07 Å². The first-order valence-electron chi connectivity index (χ1n) is 8.14. The van der Waals surface area contributed by atoms with Gasteiger partial charge in [0.15, 0.2) is 17.5 Å². The number of rotatable bonds is 8. The zero-order valence-corrected chi connectivity index (χ0v) is 14.4. The average Bonchev–Trinajstić information content (AvgIpc) is 3.02. The molecule has 1 aliphatic heterocycles. The van der Waals surface area contributed by atoms with Crippen molar-refractivity contribution in [2.45, 2.75) is 33.4 Å². The van der Waals surface area contributed by atoms with Crippen LogP contribution in [0.2, 0.25) is 0 Å². The molecule has 1 aliphatic rings. The molecule has 0 saturated heterocycles. The van der Waals surface area contributed by atoms with E-state index in [2.05, 4.69) is 20.4 Å². The Morgan fingerprint density at radius 1 is 1.32 bits per heavy atom. The van der Waals surface area contributed by atoms with Crippen molar-refractivity contribution in [3.63, 3.8) is 0 Å². The maximum Gasteiger partial charge on any atom is 0.387 e. The Kier molecular flexibility index (Phi) is 7.31. The van der Waals surface area contributed by atoms with Crippen molar-refractivity contribution < 1.29 is 23.0 Å². The largest absolute Gasteiger partial charge is 0.454 e. The quantitative estimate of drug-likeness (QED) is 0.325. The highest BCUT2D eigenvalue weighted by molar-refractivity contribution is 5.79. The number of halogens is 2. The zero-order chi connectivity index (χ0) is 18.1. The number of guanidine groups is 1. The molecule has 2 N–H and O–H groups in total. The Morgan fingerprint density at radius 3 is 2.76 bits per heavy atom. The summed E-state index contributed by atoms with van der Waals surface area (Å²) in [6, 6.07) is 3.03. The topological polar surface area (TPSA) is 64.1 Å². The van der Waals surface area contributed by atoms with Gasteiger partial charge in [0.05, 0.1) is 6.54 Å². The molecule has 8 heteroatoms. The normalized spacial score (nSPS) is 13.6. The second-order valence-electron chi connectivity index (χ2n) is 5.17. The second kappa shape index (κ2) is 9.71. The van der Waals surface area contributed by atoms with E-state index in [0.717, 1.165) is 13.0 Å². The van der Waals surface area contributed by atoms with Crippen molar-refractivity contribution in [3.8, 4) is 17.2 Å². The number of hydrogen-bond donors (Lipinski definition) is 2. The molecule has 0 atom stereocenters. The maximum atomic E-state index is 12.6. The van der Waals surface area contributed by atoms with Gasteiger partial charge < -0.3 is 24.8 Å². The third-order valence-corrected chi connectivity index (χ3v) is 3.36.